The number of hydrogen-bond acceptors (Lipinski definition) is 4. The molecule has 1 atom stereocenters. The van der Waals surface area contributed by atoms with E-state index in [0.717, 1.165) is 5.75 Å². The molecule has 0 bridgehead atoms. The van der Waals surface area contributed by atoms with Crippen molar-refractivity contribution in [3.63, 3.8) is 0 Å². The second kappa shape index (κ2) is 4.40. The Morgan fingerprint density at radius 2 is 2.29 bits per heavy atom. The number of hydrogen-bond donors (Lipinski definition) is 1. The number of aliphatic hydroxyl groups is 1. The van der Waals surface area contributed by atoms with Gasteiger partial charge in [0.2, 0.25) is 0 Å². The van der Waals surface area contributed by atoms with Crippen LogP contribution in [0.2, 0.25) is 0 Å². The third kappa shape index (κ3) is 3.06. The number of aliphatic hydroxyl groups excluding tert-OH is 1. The van der Waals surface area contributed by atoms with Crippen molar-refractivity contribution in [3.8, 4) is 0 Å². The zero-order chi connectivity index (χ0) is 10.8. The van der Waals surface area contributed by atoms with E-state index in [1.807, 2.05) is 20.8 Å². The average Bonchev–Trinajstić information content (AvgIpc) is 2.47. The number of thioether (sulfide) groups is 1. The Balaban J connectivity index is 2.52. The third-order valence-corrected chi connectivity index (χ3v) is 2.90. The molecule has 0 unspecified atom stereocenters. The van der Waals surface area contributed by atoms with Crippen LogP contribution in [0.15, 0.2) is 0 Å². The Labute approximate surface area is 88.6 Å². The first kappa shape index (κ1) is 11.7. The van der Waals surface area contributed by atoms with Gasteiger partial charge in [0.1, 0.15) is 5.60 Å². The summed E-state index contributed by atoms with van der Waals surface area (Å²) in [7, 11) is 0. The second-order valence-electron chi connectivity index (χ2n) is 4.29. The third-order valence-electron chi connectivity index (χ3n) is 1.82. The summed E-state index contributed by atoms with van der Waals surface area (Å²) in [5.74, 6) is 1.40. The Morgan fingerprint density at radius 3 is 2.79 bits per heavy atom. The minimum atomic E-state index is -0.468. The lowest BCUT2D eigenvalue weighted by molar-refractivity contribution is 0.0191. The molecule has 0 aromatic rings. The Hall–Kier alpha value is -0.420. The zero-order valence-corrected chi connectivity index (χ0v) is 9.63. The fraction of sp³-hybridized carbons (Fsp3) is 0.889. The van der Waals surface area contributed by atoms with Gasteiger partial charge in [-0.1, -0.05) is 0 Å². The van der Waals surface area contributed by atoms with Crippen LogP contribution in [0.5, 0.6) is 0 Å². The molecule has 0 spiro atoms. The fourth-order valence-electron chi connectivity index (χ4n) is 1.16. The lowest BCUT2D eigenvalue weighted by Crippen LogP contribution is -2.42. The minimum Gasteiger partial charge on any atom is -0.444 e. The van der Waals surface area contributed by atoms with Crippen molar-refractivity contribution < 1.29 is 14.6 Å². The van der Waals surface area contributed by atoms with Gasteiger partial charge in [-0.15, -0.1) is 11.8 Å². The molecule has 1 amide bonds. The van der Waals surface area contributed by atoms with E-state index >= 15 is 0 Å². The van der Waals surface area contributed by atoms with Crippen LogP contribution in [-0.2, 0) is 4.74 Å². The van der Waals surface area contributed by atoms with Gasteiger partial charge in [-0.25, -0.2) is 4.79 Å². The molecule has 1 N–H and O–H groups in total. The van der Waals surface area contributed by atoms with Crippen LogP contribution in [0.4, 0.5) is 4.79 Å². The van der Waals surface area contributed by atoms with E-state index in [4.69, 9.17) is 9.84 Å². The highest BCUT2D eigenvalue weighted by Gasteiger charge is 2.31. The first-order valence-electron chi connectivity index (χ1n) is 4.62. The van der Waals surface area contributed by atoms with Crippen LogP contribution >= 0.6 is 11.8 Å². The molecule has 4 nitrogen and oxygen atoms in total. The highest BCUT2D eigenvalue weighted by molar-refractivity contribution is 7.99. The molecular weight excluding hydrogens is 202 g/mol. The lowest BCUT2D eigenvalue weighted by atomic mass is 10.2. The van der Waals surface area contributed by atoms with E-state index in [1.165, 1.54) is 0 Å². The van der Waals surface area contributed by atoms with Gasteiger partial charge >= 0.3 is 6.09 Å². The maximum atomic E-state index is 11.6. The van der Waals surface area contributed by atoms with Crippen molar-refractivity contribution in [3.05, 3.63) is 0 Å². The summed E-state index contributed by atoms with van der Waals surface area (Å²) in [6.07, 6.45) is -0.332. The minimum absolute atomic E-state index is 0.00619. The predicted molar refractivity (Wildman–Crippen MR) is 56.3 cm³/mol. The van der Waals surface area contributed by atoms with Crippen molar-refractivity contribution in [1.82, 2.24) is 4.90 Å². The van der Waals surface area contributed by atoms with Crippen molar-refractivity contribution in [2.45, 2.75) is 32.4 Å². The number of amides is 1. The standard InChI is InChI=1S/C9H17NO3S/c1-9(2,3)13-8(12)10-6-14-5-7(10)4-11/h7,11H,4-6H2,1-3H3/t7-/m1/s1. The molecular formula is C9H17NO3S. The van der Waals surface area contributed by atoms with Gasteiger partial charge in [-0.3, -0.25) is 4.90 Å². The van der Waals surface area contributed by atoms with E-state index in [0.29, 0.717) is 5.88 Å². The summed E-state index contributed by atoms with van der Waals surface area (Å²) in [5.41, 5.74) is -0.468. The molecule has 0 saturated carbocycles. The van der Waals surface area contributed by atoms with Crippen molar-refractivity contribution in [1.29, 1.82) is 0 Å². The summed E-state index contributed by atoms with van der Waals surface area (Å²) in [6, 6.07) is -0.0881. The quantitative estimate of drug-likeness (QED) is 0.722. The number of rotatable bonds is 1. The van der Waals surface area contributed by atoms with E-state index in [-0.39, 0.29) is 18.7 Å². The number of nitrogens with zero attached hydrogens (tertiary/aromatic N) is 1. The molecule has 1 rings (SSSR count). The molecule has 1 heterocycles. The topological polar surface area (TPSA) is 49.8 Å². The summed E-state index contributed by atoms with van der Waals surface area (Å²) >= 11 is 1.63. The van der Waals surface area contributed by atoms with Crippen LogP contribution in [0.3, 0.4) is 0 Å². The van der Waals surface area contributed by atoms with Gasteiger partial charge < -0.3 is 9.84 Å². The van der Waals surface area contributed by atoms with Crippen LogP contribution < -0.4 is 0 Å². The Kier molecular flexibility index (Phi) is 3.66. The second-order valence-corrected chi connectivity index (χ2v) is 5.29. The normalized spacial score (nSPS) is 22.6. The first-order chi connectivity index (χ1) is 6.44. The van der Waals surface area contributed by atoms with E-state index < -0.39 is 5.60 Å². The lowest BCUT2D eigenvalue weighted by Gasteiger charge is -2.27. The maximum Gasteiger partial charge on any atom is 0.411 e. The van der Waals surface area contributed by atoms with Crippen LogP contribution in [-0.4, -0.2) is 46.0 Å². The van der Waals surface area contributed by atoms with Gasteiger partial charge in [-0.2, -0.15) is 0 Å². The highest BCUT2D eigenvalue weighted by atomic mass is 32.2. The molecule has 0 aliphatic carbocycles. The molecule has 5 heteroatoms. The Morgan fingerprint density at radius 1 is 1.64 bits per heavy atom. The largest absolute Gasteiger partial charge is 0.444 e. The Bertz CT molecular complexity index is 215. The van der Waals surface area contributed by atoms with Gasteiger partial charge in [0.05, 0.1) is 18.5 Å². The van der Waals surface area contributed by atoms with Crippen molar-refractivity contribution >= 4 is 17.9 Å². The summed E-state index contributed by atoms with van der Waals surface area (Å²) in [6.45, 7) is 5.51. The fourth-order valence-corrected chi connectivity index (χ4v) is 2.33. The smallest absolute Gasteiger partial charge is 0.411 e. The summed E-state index contributed by atoms with van der Waals surface area (Å²) in [5, 5.41) is 9.02. The summed E-state index contributed by atoms with van der Waals surface area (Å²) in [4.78, 5) is 13.2. The van der Waals surface area contributed by atoms with Crippen LogP contribution in [0.25, 0.3) is 0 Å². The van der Waals surface area contributed by atoms with Crippen LogP contribution in [0.1, 0.15) is 20.8 Å². The molecule has 1 aliphatic rings. The number of carbonyl (C=O) groups excluding carboxylic acids is 1. The van der Waals surface area contributed by atoms with E-state index in [1.54, 1.807) is 16.7 Å². The van der Waals surface area contributed by atoms with Gasteiger partial charge in [0.25, 0.3) is 0 Å². The van der Waals surface area contributed by atoms with Crippen LogP contribution in [0, 0.1) is 0 Å². The van der Waals surface area contributed by atoms with Gasteiger partial charge in [0, 0.05) is 5.75 Å². The number of carbonyl (C=O) groups is 1. The molecule has 0 aromatic carbocycles. The molecule has 14 heavy (non-hydrogen) atoms. The van der Waals surface area contributed by atoms with Gasteiger partial charge in [-0.05, 0) is 20.8 Å². The number of ether oxygens (including phenoxy) is 1. The predicted octanol–water partition coefficient (Wildman–Crippen LogP) is 1.29. The van der Waals surface area contributed by atoms with Crippen molar-refractivity contribution in [2.75, 3.05) is 18.2 Å². The molecule has 1 aliphatic heterocycles. The molecule has 82 valence electrons. The molecule has 1 fully saturated rings. The zero-order valence-electron chi connectivity index (χ0n) is 8.82. The maximum absolute atomic E-state index is 11.6. The van der Waals surface area contributed by atoms with Gasteiger partial charge in [0.15, 0.2) is 0 Å². The van der Waals surface area contributed by atoms with Crippen molar-refractivity contribution in [2.24, 2.45) is 0 Å². The SMILES string of the molecule is CC(C)(C)OC(=O)N1CSC[C@H]1CO. The molecule has 1 saturated heterocycles. The summed E-state index contributed by atoms with van der Waals surface area (Å²) < 4.78 is 5.22. The van der Waals surface area contributed by atoms with E-state index in [9.17, 15) is 4.79 Å². The first-order valence-corrected chi connectivity index (χ1v) is 5.78. The molecule has 0 radical (unpaired) electrons. The average molecular weight is 219 g/mol. The highest BCUT2D eigenvalue weighted by Crippen LogP contribution is 2.22. The monoisotopic (exact) mass is 219 g/mol. The van der Waals surface area contributed by atoms with E-state index in [2.05, 4.69) is 0 Å². The molecule has 0 aromatic heterocycles.